The van der Waals surface area contributed by atoms with E-state index < -0.39 is 19.1 Å². The van der Waals surface area contributed by atoms with Gasteiger partial charge in [0.15, 0.2) is 11.0 Å². The Morgan fingerprint density at radius 3 is 1.99 bits per heavy atom. The largest absolute Gasteiger partial charge is 0.457 e. The van der Waals surface area contributed by atoms with E-state index in [0.717, 1.165) is 38.8 Å². The maximum Gasteiger partial charge on any atom is 0.255 e. The number of hydrogen-bond donors (Lipinski definition) is 0. The van der Waals surface area contributed by atoms with Gasteiger partial charge in [-0.2, -0.15) is 9.13 Å². The number of imidazole rings is 1. The van der Waals surface area contributed by atoms with Gasteiger partial charge in [-0.3, -0.25) is 4.57 Å². The van der Waals surface area contributed by atoms with E-state index in [0.29, 0.717) is 39.4 Å². The number of fused-ring (bicyclic) bond motifs is 4. The Morgan fingerprint density at radius 2 is 1.19 bits per heavy atom. The molecule has 0 fully saturated rings. The van der Waals surface area contributed by atoms with E-state index in [4.69, 9.17) is 17.9 Å². The van der Waals surface area contributed by atoms with Crippen molar-refractivity contribution in [3.63, 3.8) is 0 Å². The van der Waals surface area contributed by atoms with Crippen molar-refractivity contribution in [2.24, 2.45) is 0 Å². The van der Waals surface area contributed by atoms with Gasteiger partial charge in [0.2, 0.25) is 0 Å². The number of aromatic nitrogens is 4. The van der Waals surface area contributed by atoms with Crippen LogP contribution < -0.4 is 9.30 Å². The predicted octanol–water partition coefficient (Wildman–Crippen LogP) is 16.4. The second kappa shape index (κ2) is 16.9. The molecular weight excluding hydrogens is 841 g/mol. The maximum atomic E-state index is 9.57. The molecule has 3 heterocycles. The first-order chi connectivity index (χ1) is 37.4. The Labute approximate surface area is 419 Å². The van der Waals surface area contributed by atoms with Gasteiger partial charge in [-0.25, -0.2) is 4.98 Å². The highest BCUT2D eigenvalue weighted by Crippen LogP contribution is 2.39. The highest BCUT2D eigenvalue weighted by Gasteiger charge is 2.26. The average Bonchev–Trinajstić information content (AvgIpc) is 4.18. The van der Waals surface area contributed by atoms with Gasteiger partial charge >= 0.3 is 0 Å². The van der Waals surface area contributed by atoms with Crippen LogP contribution in [0.4, 0.5) is 0 Å². The second-order valence-corrected chi connectivity index (χ2v) is 19.6. The summed E-state index contributed by atoms with van der Waals surface area (Å²) >= 11 is 0. The van der Waals surface area contributed by atoms with Gasteiger partial charge in [-0.05, 0) is 124 Å². The maximum absolute atomic E-state index is 9.57. The number of para-hydroxylation sites is 4. The zero-order chi connectivity index (χ0) is 56.1. The molecule has 0 radical (unpaired) electrons. The Morgan fingerprint density at radius 1 is 0.522 bits per heavy atom. The van der Waals surface area contributed by atoms with E-state index in [1.807, 2.05) is 121 Å². The van der Waals surface area contributed by atoms with Crippen LogP contribution in [0, 0.1) is 13.7 Å². The van der Waals surface area contributed by atoms with Gasteiger partial charge in [0.1, 0.15) is 28.7 Å². The summed E-state index contributed by atoms with van der Waals surface area (Å²) in [7, 11) is 0. The first-order valence-electron chi connectivity index (χ1n) is 28.2. The normalized spacial score (nSPS) is 14.5. The first kappa shape index (κ1) is 33.5. The molecule has 5 heteroatoms. The lowest BCUT2D eigenvalue weighted by Crippen LogP contribution is -2.31. The van der Waals surface area contributed by atoms with Crippen LogP contribution in [-0.2, 0) is 10.8 Å². The number of rotatable bonds is 8. The van der Waals surface area contributed by atoms with Crippen molar-refractivity contribution < 1.29 is 23.0 Å². The molecule has 11 aromatic rings. The molecule has 11 rings (SSSR count). The molecule has 0 atom stereocenters. The summed E-state index contributed by atoms with van der Waals surface area (Å²) in [5, 5.41) is 2.16. The number of ether oxygens (including phenoxy) is 1. The lowest BCUT2D eigenvalue weighted by Gasteiger charge is -2.20. The Balaban J connectivity index is 1.09. The molecular formula is C64H57N4O+. The van der Waals surface area contributed by atoms with Crippen LogP contribution in [0.3, 0.4) is 0 Å². The van der Waals surface area contributed by atoms with E-state index in [-0.39, 0.29) is 63.0 Å². The highest BCUT2D eigenvalue weighted by molar-refractivity contribution is 6.09. The van der Waals surface area contributed by atoms with Crippen molar-refractivity contribution in [3.8, 4) is 62.1 Å². The number of hydrogen-bond acceptors (Lipinski definition) is 2. The lowest BCUT2D eigenvalue weighted by molar-refractivity contribution is -0.566. The standard InChI is InChI=1S/C64H57N4O/c1-42-17-9-10-20-51(42)52-33-29-45(37-43(52)2)54-23-16-22-53(44-27-30-46(31-28-44)63(3,4)5)62(54)67-41-66(58-25-13-14-26-59(58)67)48-18-15-19-49(39-48)69-50-32-34-56-55-21-11-12-24-57(55)68(60(56)40-50)61-38-47(35-36-65-61)64(6,7)8/h9-41H,1-8H3/q+1/i1D3,2D3,27D,28D,30D,31D. The third-order valence-electron chi connectivity index (χ3n) is 12.9. The summed E-state index contributed by atoms with van der Waals surface area (Å²) in [5.74, 6) is 1.99. The minimum Gasteiger partial charge on any atom is -0.457 e. The SMILES string of the molecule is [2H]c1c([2H])c(C(C)(C)C)c([2H])c([2H])c1-c1cccc(-c2ccc(-c3ccccc3C([2H])([2H])[2H])c(C([2H])([2H])[2H])c2)c1-[n+]1cn(-c2cccc(Oc3ccc4c5ccccc5n(-c5cc(C(C)(C)C)ccn5)c4c3)c2)c2ccccc21. The molecule has 0 bridgehead atoms. The zero-order valence-electron chi connectivity index (χ0n) is 49.4. The molecule has 0 unspecified atom stereocenters. The minimum absolute atomic E-state index is 0.0241. The van der Waals surface area contributed by atoms with Crippen molar-refractivity contribution in [2.75, 3.05) is 0 Å². The van der Waals surface area contributed by atoms with Crippen LogP contribution in [0.25, 0.3) is 83.4 Å². The molecule has 69 heavy (non-hydrogen) atoms. The fourth-order valence-electron chi connectivity index (χ4n) is 9.32. The fraction of sp³-hybridized carbons (Fsp3) is 0.156. The van der Waals surface area contributed by atoms with Gasteiger partial charge in [-0.1, -0.05) is 163 Å². The third-order valence-corrected chi connectivity index (χ3v) is 12.9. The molecule has 0 spiro atoms. The van der Waals surface area contributed by atoms with Gasteiger partial charge in [0.25, 0.3) is 6.33 Å². The Bertz CT molecular complexity index is 4200. The van der Waals surface area contributed by atoms with Gasteiger partial charge < -0.3 is 4.74 Å². The number of pyridine rings is 1. The van der Waals surface area contributed by atoms with Gasteiger partial charge in [-0.15, -0.1) is 0 Å². The molecule has 0 aliphatic rings. The zero-order valence-corrected chi connectivity index (χ0v) is 39.4. The Kier molecular flexibility index (Phi) is 8.21. The van der Waals surface area contributed by atoms with Gasteiger partial charge in [0, 0.05) is 48.5 Å². The van der Waals surface area contributed by atoms with Gasteiger partial charge in [0.05, 0.1) is 16.5 Å². The molecule has 338 valence electrons. The summed E-state index contributed by atoms with van der Waals surface area (Å²) in [6.45, 7) is 6.95. The number of nitrogens with zero attached hydrogens (tertiary/aromatic N) is 4. The van der Waals surface area contributed by atoms with E-state index in [2.05, 4.69) is 55.7 Å². The molecule has 0 aliphatic carbocycles. The van der Waals surface area contributed by atoms with Crippen LogP contribution >= 0.6 is 0 Å². The topological polar surface area (TPSA) is 35.9 Å². The monoisotopic (exact) mass is 908 g/mol. The molecule has 0 aliphatic heterocycles. The first-order valence-corrected chi connectivity index (χ1v) is 23.2. The van der Waals surface area contributed by atoms with Crippen LogP contribution in [0.15, 0.2) is 200 Å². The smallest absolute Gasteiger partial charge is 0.255 e. The molecule has 3 aromatic heterocycles. The molecule has 8 aromatic carbocycles. The van der Waals surface area contributed by atoms with E-state index in [1.54, 1.807) is 48.5 Å². The quantitative estimate of drug-likeness (QED) is 0.142. The third kappa shape index (κ3) is 7.98. The predicted molar refractivity (Wildman–Crippen MR) is 287 cm³/mol. The van der Waals surface area contributed by atoms with Crippen molar-refractivity contribution in [1.29, 1.82) is 0 Å². The average molecular weight is 908 g/mol. The van der Waals surface area contributed by atoms with E-state index >= 15 is 0 Å². The Hall–Kier alpha value is -8.02. The van der Waals surface area contributed by atoms with Crippen molar-refractivity contribution >= 4 is 32.8 Å². The summed E-state index contributed by atoms with van der Waals surface area (Å²) < 4.78 is 102. The van der Waals surface area contributed by atoms with Crippen LogP contribution in [-0.4, -0.2) is 14.1 Å². The number of benzene rings is 8. The summed E-state index contributed by atoms with van der Waals surface area (Å²) in [6, 6.07) is 50.1. The van der Waals surface area contributed by atoms with E-state index in [9.17, 15) is 5.48 Å². The van der Waals surface area contributed by atoms with Crippen LogP contribution in [0.2, 0.25) is 0 Å². The summed E-state index contributed by atoms with van der Waals surface area (Å²) in [5.41, 5.74) is 7.26. The number of aryl methyl sites for hydroxylation is 2. The second-order valence-electron chi connectivity index (χ2n) is 19.6. The summed E-state index contributed by atoms with van der Waals surface area (Å²) in [4.78, 5) is 4.86. The van der Waals surface area contributed by atoms with E-state index in [1.165, 1.54) is 11.6 Å². The van der Waals surface area contributed by atoms with Crippen molar-refractivity contribution in [1.82, 2.24) is 14.1 Å². The minimum atomic E-state index is -2.69. The summed E-state index contributed by atoms with van der Waals surface area (Å²) in [6.07, 6.45) is 3.77. The molecule has 0 saturated heterocycles. The molecule has 0 N–H and O–H groups in total. The van der Waals surface area contributed by atoms with Crippen LogP contribution in [0.1, 0.15) is 77.5 Å². The molecule has 0 amide bonds. The van der Waals surface area contributed by atoms with Crippen LogP contribution in [0.5, 0.6) is 11.5 Å². The highest BCUT2D eigenvalue weighted by atomic mass is 16.5. The van der Waals surface area contributed by atoms with Crippen molar-refractivity contribution in [3.05, 3.63) is 223 Å². The lowest BCUT2D eigenvalue weighted by atomic mass is 9.85. The van der Waals surface area contributed by atoms with Crippen molar-refractivity contribution in [2.45, 2.75) is 66.1 Å². The fourth-order valence-corrected chi connectivity index (χ4v) is 9.32. The molecule has 5 nitrogen and oxygen atoms in total. The molecule has 0 saturated carbocycles.